The number of amidine groups is 1. The summed E-state index contributed by atoms with van der Waals surface area (Å²) in [7, 11) is 1.79. The van der Waals surface area contributed by atoms with Crippen molar-refractivity contribution >= 4 is 28.3 Å². The molecule has 0 amide bonds. The lowest BCUT2D eigenvalue weighted by Gasteiger charge is -2.40. The molecule has 5 heteroatoms. The molecule has 1 aromatic rings. The second-order valence-electron chi connectivity index (χ2n) is 5.50. The van der Waals surface area contributed by atoms with Crippen molar-refractivity contribution in [3.05, 3.63) is 21.4 Å². The number of thiophene rings is 1. The van der Waals surface area contributed by atoms with Gasteiger partial charge in [0.2, 0.25) is 0 Å². The topological polar surface area (TPSA) is 47.6 Å². The van der Waals surface area contributed by atoms with Gasteiger partial charge in [0.15, 0.2) is 5.17 Å². The maximum Gasteiger partial charge on any atom is 0.154 e. The number of nitrogens with zero attached hydrogens (tertiary/aromatic N) is 1. The van der Waals surface area contributed by atoms with Gasteiger partial charge in [-0.2, -0.15) is 0 Å². The smallest absolute Gasteiger partial charge is 0.154 e. The van der Waals surface area contributed by atoms with Gasteiger partial charge in [-0.15, -0.1) is 11.3 Å². The molecule has 19 heavy (non-hydrogen) atoms. The second kappa shape index (κ2) is 5.11. The molecule has 0 radical (unpaired) electrons. The highest BCUT2D eigenvalue weighted by molar-refractivity contribution is 8.13. The largest absolute Gasteiger partial charge is 0.384 e. The number of hydrogen-bond donors (Lipinski definition) is 1. The third-order valence-electron chi connectivity index (χ3n) is 4.03. The number of aryl methyl sites for hydroxylation is 1. The highest BCUT2D eigenvalue weighted by Crippen LogP contribution is 2.48. The third-order valence-corrected chi connectivity index (χ3v) is 5.89. The Labute approximate surface area is 122 Å². The number of thioether (sulfide) groups is 1. The molecule has 3 rings (SSSR count). The Morgan fingerprint density at radius 3 is 3.16 bits per heavy atom. The maximum absolute atomic E-state index is 6.01. The summed E-state index contributed by atoms with van der Waals surface area (Å²) >= 11 is 3.60. The first kappa shape index (κ1) is 13.5. The van der Waals surface area contributed by atoms with Crippen LogP contribution in [0.1, 0.15) is 28.2 Å². The van der Waals surface area contributed by atoms with Crippen molar-refractivity contribution in [2.24, 2.45) is 16.6 Å². The first-order valence-electron chi connectivity index (χ1n) is 6.70. The minimum absolute atomic E-state index is 0.0725. The molecule has 2 heterocycles. The monoisotopic (exact) mass is 296 g/mol. The van der Waals surface area contributed by atoms with Crippen molar-refractivity contribution in [3.8, 4) is 0 Å². The highest BCUT2D eigenvalue weighted by atomic mass is 32.2. The molecular weight excluding hydrogens is 276 g/mol. The van der Waals surface area contributed by atoms with E-state index < -0.39 is 0 Å². The van der Waals surface area contributed by atoms with E-state index in [0.29, 0.717) is 5.92 Å². The van der Waals surface area contributed by atoms with Gasteiger partial charge in [0.1, 0.15) is 0 Å². The molecule has 0 saturated carbocycles. The van der Waals surface area contributed by atoms with E-state index in [0.717, 1.165) is 36.8 Å². The highest BCUT2D eigenvalue weighted by Gasteiger charge is 2.42. The van der Waals surface area contributed by atoms with Crippen LogP contribution in [-0.2, 0) is 16.7 Å². The summed E-state index contributed by atoms with van der Waals surface area (Å²) in [5.41, 5.74) is 7.37. The minimum atomic E-state index is -0.0725. The Hall–Kier alpha value is -0.520. The van der Waals surface area contributed by atoms with Crippen LogP contribution in [0.15, 0.2) is 11.1 Å². The van der Waals surface area contributed by atoms with Crippen LogP contribution in [0.25, 0.3) is 0 Å². The molecule has 2 N–H and O–H groups in total. The molecule has 1 spiro atoms. The molecule has 0 fully saturated rings. The van der Waals surface area contributed by atoms with Crippen LogP contribution in [0.5, 0.6) is 0 Å². The van der Waals surface area contributed by atoms with Crippen molar-refractivity contribution in [2.45, 2.75) is 31.7 Å². The van der Waals surface area contributed by atoms with Gasteiger partial charge in [-0.05, 0) is 43.7 Å². The maximum atomic E-state index is 6.01. The van der Waals surface area contributed by atoms with Gasteiger partial charge in [-0.1, -0.05) is 11.8 Å². The third kappa shape index (κ3) is 2.43. The fourth-order valence-electron chi connectivity index (χ4n) is 3.35. The number of ether oxygens (including phenoxy) is 1. The molecule has 1 aliphatic carbocycles. The lowest BCUT2D eigenvalue weighted by molar-refractivity contribution is 0.125. The van der Waals surface area contributed by atoms with E-state index in [-0.39, 0.29) is 5.54 Å². The zero-order chi connectivity index (χ0) is 13.5. The van der Waals surface area contributed by atoms with Gasteiger partial charge < -0.3 is 10.5 Å². The molecule has 104 valence electrons. The van der Waals surface area contributed by atoms with E-state index in [4.69, 9.17) is 15.5 Å². The Morgan fingerprint density at radius 1 is 1.58 bits per heavy atom. The standard InChI is InChI=1S/C14H20N2OS2/c1-9-5-11-12(19-9)6-10(8-17-2)7-14(11)3-4-18-13(15)16-14/h5,10H,3-4,6-8H2,1-2H3,(H2,15,16). The van der Waals surface area contributed by atoms with E-state index in [1.807, 2.05) is 11.3 Å². The Morgan fingerprint density at radius 2 is 2.42 bits per heavy atom. The summed E-state index contributed by atoms with van der Waals surface area (Å²) in [6, 6.07) is 2.33. The summed E-state index contributed by atoms with van der Waals surface area (Å²) in [4.78, 5) is 7.75. The summed E-state index contributed by atoms with van der Waals surface area (Å²) in [5, 5.41) is 0.749. The summed E-state index contributed by atoms with van der Waals surface area (Å²) in [5.74, 6) is 1.64. The van der Waals surface area contributed by atoms with Gasteiger partial charge in [0.05, 0.1) is 5.54 Å². The van der Waals surface area contributed by atoms with Gasteiger partial charge in [0.25, 0.3) is 0 Å². The first-order valence-corrected chi connectivity index (χ1v) is 8.50. The molecule has 3 nitrogen and oxygen atoms in total. The lowest BCUT2D eigenvalue weighted by Crippen LogP contribution is -2.38. The molecule has 2 aliphatic rings. The predicted molar refractivity (Wildman–Crippen MR) is 83.1 cm³/mol. The van der Waals surface area contributed by atoms with Crippen LogP contribution >= 0.6 is 23.1 Å². The summed E-state index contributed by atoms with van der Waals surface area (Å²) < 4.78 is 5.38. The normalized spacial score (nSPS) is 30.2. The fraction of sp³-hybridized carbons (Fsp3) is 0.643. The molecule has 2 atom stereocenters. The Balaban J connectivity index is 2.04. The van der Waals surface area contributed by atoms with Crippen LogP contribution in [0.3, 0.4) is 0 Å². The number of fused-ring (bicyclic) bond motifs is 2. The van der Waals surface area contributed by atoms with Gasteiger partial charge >= 0.3 is 0 Å². The van der Waals surface area contributed by atoms with Gasteiger partial charge in [0, 0.05) is 29.2 Å². The van der Waals surface area contributed by atoms with E-state index in [9.17, 15) is 0 Å². The second-order valence-corrected chi connectivity index (χ2v) is 7.96. The molecular formula is C14H20N2OS2. The zero-order valence-electron chi connectivity index (χ0n) is 11.4. The molecule has 2 unspecified atom stereocenters. The molecule has 0 bridgehead atoms. The van der Waals surface area contributed by atoms with Crippen LogP contribution in [0, 0.1) is 12.8 Å². The zero-order valence-corrected chi connectivity index (χ0v) is 13.1. The van der Waals surface area contributed by atoms with E-state index >= 15 is 0 Å². The van der Waals surface area contributed by atoms with Crippen molar-refractivity contribution in [1.29, 1.82) is 0 Å². The number of methoxy groups -OCH3 is 1. The molecule has 1 aromatic heterocycles. The Bertz CT molecular complexity index is 512. The lowest BCUT2D eigenvalue weighted by atomic mass is 9.73. The van der Waals surface area contributed by atoms with Crippen molar-refractivity contribution < 1.29 is 4.74 Å². The average molecular weight is 296 g/mol. The first-order chi connectivity index (χ1) is 9.13. The van der Waals surface area contributed by atoms with E-state index in [1.54, 1.807) is 18.9 Å². The van der Waals surface area contributed by atoms with Crippen LogP contribution in [0.4, 0.5) is 0 Å². The molecule has 0 saturated heterocycles. The summed E-state index contributed by atoms with van der Waals surface area (Å²) in [6.45, 7) is 3.01. The van der Waals surface area contributed by atoms with E-state index in [2.05, 4.69) is 13.0 Å². The quantitative estimate of drug-likeness (QED) is 0.913. The summed E-state index contributed by atoms with van der Waals surface area (Å²) in [6.07, 6.45) is 3.30. The molecule has 1 aliphatic heterocycles. The van der Waals surface area contributed by atoms with Gasteiger partial charge in [-0.25, -0.2) is 0 Å². The SMILES string of the molecule is COCC1Cc2sc(C)cc2C2(CCSC(N)=N2)C1. The fourth-order valence-corrected chi connectivity index (χ4v) is 5.48. The van der Waals surface area contributed by atoms with Crippen molar-refractivity contribution in [3.63, 3.8) is 0 Å². The van der Waals surface area contributed by atoms with Gasteiger partial charge in [-0.3, -0.25) is 4.99 Å². The number of hydrogen-bond acceptors (Lipinski definition) is 5. The number of rotatable bonds is 2. The Kier molecular flexibility index (Phi) is 3.62. The number of nitrogens with two attached hydrogens (primary N) is 1. The van der Waals surface area contributed by atoms with Crippen molar-refractivity contribution in [2.75, 3.05) is 19.5 Å². The van der Waals surface area contributed by atoms with Crippen LogP contribution in [-0.4, -0.2) is 24.6 Å². The van der Waals surface area contributed by atoms with E-state index in [1.165, 1.54) is 15.3 Å². The minimum Gasteiger partial charge on any atom is -0.384 e. The predicted octanol–water partition coefficient (Wildman–Crippen LogP) is 2.91. The van der Waals surface area contributed by atoms with Crippen molar-refractivity contribution in [1.82, 2.24) is 0 Å². The van der Waals surface area contributed by atoms with Crippen LogP contribution in [0.2, 0.25) is 0 Å². The average Bonchev–Trinajstić information content (AvgIpc) is 2.71. The molecule has 0 aromatic carbocycles. The van der Waals surface area contributed by atoms with Crippen LogP contribution < -0.4 is 5.73 Å². The number of aliphatic imine (C=N–C) groups is 1.